The molecule has 0 saturated heterocycles. The summed E-state index contributed by atoms with van der Waals surface area (Å²) in [6.07, 6.45) is 0. The average molecular weight is 320 g/mol. The topological polar surface area (TPSA) is 46.9 Å². The standard InChI is InChI=1S/C15H11Cl2N3O/c1-20-13-5-3-2-4-12(13)18-15(20)19-14(21)9-6-7-10(16)11(17)8-9/h2-8H,1H3,(H,18,19,21). The van der Waals surface area contributed by atoms with Crippen molar-refractivity contribution in [2.45, 2.75) is 0 Å². The number of rotatable bonds is 2. The molecule has 0 aliphatic heterocycles. The Morgan fingerprint density at radius 3 is 2.62 bits per heavy atom. The van der Waals surface area contributed by atoms with Crippen LogP contribution in [0.4, 0.5) is 5.95 Å². The molecule has 0 fully saturated rings. The molecule has 0 radical (unpaired) electrons. The molecule has 0 saturated carbocycles. The first-order chi connectivity index (χ1) is 10.1. The molecule has 6 heteroatoms. The highest BCUT2D eigenvalue weighted by molar-refractivity contribution is 6.42. The van der Waals surface area contributed by atoms with Gasteiger partial charge in [0.05, 0.1) is 21.1 Å². The van der Waals surface area contributed by atoms with Gasteiger partial charge in [0.15, 0.2) is 0 Å². The lowest BCUT2D eigenvalue weighted by atomic mass is 10.2. The van der Waals surface area contributed by atoms with Crippen LogP contribution in [0.1, 0.15) is 10.4 Å². The molecule has 0 spiro atoms. The minimum absolute atomic E-state index is 0.285. The van der Waals surface area contributed by atoms with Crippen LogP contribution in [-0.2, 0) is 7.05 Å². The van der Waals surface area contributed by atoms with E-state index >= 15 is 0 Å². The van der Waals surface area contributed by atoms with Crippen molar-refractivity contribution in [2.75, 3.05) is 5.32 Å². The lowest BCUT2D eigenvalue weighted by Crippen LogP contribution is -2.15. The highest BCUT2D eigenvalue weighted by Crippen LogP contribution is 2.23. The predicted molar refractivity (Wildman–Crippen MR) is 85.1 cm³/mol. The van der Waals surface area contributed by atoms with E-state index in [1.54, 1.807) is 12.1 Å². The minimum Gasteiger partial charge on any atom is -0.313 e. The Kier molecular flexibility index (Phi) is 3.57. The Morgan fingerprint density at radius 1 is 1.14 bits per heavy atom. The SMILES string of the molecule is Cn1c(NC(=O)c2ccc(Cl)c(Cl)c2)nc2ccccc21. The summed E-state index contributed by atoms with van der Waals surface area (Å²) in [6.45, 7) is 0. The van der Waals surface area contributed by atoms with Crippen molar-refractivity contribution in [3.63, 3.8) is 0 Å². The Bertz CT molecular complexity index is 842. The van der Waals surface area contributed by atoms with E-state index in [0.29, 0.717) is 21.6 Å². The van der Waals surface area contributed by atoms with Crippen LogP contribution in [0.25, 0.3) is 11.0 Å². The molecule has 0 bridgehead atoms. The highest BCUT2D eigenvalue weighted by atomic mass is 35.5. The van der Waals surface area contributed by atoms with Crippen LogP contribution in [0.3, 0.4) is 0 Å². The molecule has 0 aliphatic rings. The number of hydrogen-bond donors (Lipinski definition) is 1. The van der Waals surface area contributed by atoms with Gasteiger partial charge >= 0.3 is 0 Å². The number of aryl methyl sites for hydroxylation is 1. The fourth-order valence-electron chi connectivity index (χ4n) is 2.07. The molecular weight excluding hydrogens is 309 g/mol. The number of amides is 1. The number of nitrogens with one attached hydrogen (secondary N) is 1. The summed E-state index contributed by atoms with van der Waals surface area (Å²) in [4.78, 5) is 16.6. The van der Waals surface area contributed by atoms with Gasteiger partial charge in [-0.2, -0.15) is 0 Å². The van der Waals surface area contributed by atoms with Crippen molar-refractivity contribution in [2.24, 2.45) is 7.05 Å². The molecular formula is C15H11Cl2N3O. The first kappa shape index (κ1) is 13.9. The van der Waals surface area contributed by atoms with E-state index in [2.05, 4.69) is 10.3 Å². The fraction of sp³-hybridized carbons (Fsp3) is 0.0667. The summed E-state index contributed by atoms with van der Waals surface area (Å²) >= 11 is 11.8. The molecule has 0 aliphatic carbocycles. The lowest BCUT2D eigenvalue weighted by Gasteiger charge is -2.06. The first-order valence-corrected chi connectivity index (χ1v) is 7.00. The van der Waals surface area contributed by atoms with Crippen LogP contribution >= 0.6 is 23.2 Å². The second-order valence-electron chi connectivity index (χ2n) is 4.57. The molecule has 4 nitrogen and oxygen atoms in total. The van der Waals surface area contributed by atoms with Crippen LogP contribution in [0.2, 0.25) is 10.0 Å². The number of benzene rings is 2. The average Bonchev–Trinajstić information content (AvgIpc) is 2.79. The fourth-order valence-corrected chi connectivity index (χ4v) is 2.37. The quantitative estimate of drug-likeness (QED) is 0.771. The van der Waals surface area contributed by atoms with E-state index < -0.39 is 0 Å². The Morgan fingerprint density at radius 2 is 1.90 bits per heavy atom. The summed E-state index contributed by atoms with van der Waals surface area (Å²) in [5, 5.41) is 3.53. The van der Waals surface area contributed by atoms with Gasteiger partial charge in [0, 0.05) is 12.6 Å². The summed E-state index contributed by atoms with van der Waals surface area (Å²) in [5.74, 6) is 0.194. The van der Waals surface area contributed by atoms with Gasteiger partial charge in [0.1, 0.15) is 0 Å². The van der Waals surface area contributed by atoms with Crippen molar-refractivity contribution >= 4 is 46.1 Å². The number of anilines is 1. The van der Waals surface area contributed by atoms with Crippen molar-refractivity contribution in [1.82, 2.24) is 9.55 Å². The van der Waals surface area contributed by atoms with E-state index in [9.17, 15) is 4.79 Å². The largest absolute Gasteiger partial charge is 0.313 e. The predicted octanol–water partition coefficient (Wildman–Crippen LogP) is 4.13. The number of imidazole rings is 1. The molecule has 3 aromatic rings. The number of fused-ring (bicyclic) bond motifs is 1. The van der Waals surface area contributed by atoms with Gasteiger partial charge in [-0.3, -0.25) is 10.1 Å². The molecule has 1 amide bonds. The zero-order chi connectivity index (χ0) is 15.0. The summed E-state index contributed by atoms with van der Waals surface area (Å²) in [7, 11) is 1.85. The minimum atomic E-state index is -0.285. The van der Waals surface area contributed by atoms with Gasteiger partial charge in [-0.15, -0.1) is 0 Å². The maximum atomic E-state index is 12.2. The number of para-hydroxylation sites is 2. The molecule has 106 valence electrons. The maximum Gasteiger partial charge on any atom is 0.258 e. The summed E-state index contributed by atoms with van der Waals surface area (Å²) in [5.41, 5.74) is 2.20. The molecule has 0 atom stereocenters. The van der Waals surface area contributed by atoms with Gasteiger partial charge in [0.25, 0.3) is 5.91 Å². The van der Waals surface area contributed by atoms with Crippen molar-refractivity contribution in [3.05, 3.63) is 58.1 Å². The molecule has 1 N–H and O–H groups in total. The van der Waals surface area contributed by atoms with E-state index in [4.69, 9.17) is 23.2 Å². The second kappa shape index (κ2) is 5.39. The van der Waals surface area contributed by atoms with Crippen LogP contribution in [0, 0.1) is 0 Å². The van der Waals surface area contributed by atoms with Crippen molar-refractivity contribution < 1.29 is 4.79 Å². The maximum absolute atomic E-state index is 12.2. The van der Waals surface area contributed by atoms with Crippen molar-refractivity contribution in [3.8, 4) is 0 Å². The lowest BCUT2D eigenvalue weighted by molar-refractivity contribution is 0.102. The third-order valence-electron chi connectivity index (χ3n) is 3.19. The summed E-state index contributed by atoms with van der Waals surface area (Å²) in [6, 6.07) is 12.4. The first-order valence-electron chi connectivity index (χ1n) is 6.24. The van der Waals surface area contributed by atoms with Crippen LogP contribution < -0.4 is 5.32 Å². The molecule has 2 aromatic carbocycles. The number of hydrogen-bond acceptors (Lipinski definition) is 2. The number of carbonyl (C=O) groups is 1. The number of carbonyl (C=O) groups excluding carboxylic acids is 1. The third kappa shape index (κ3) is 2.60. The Labute approximate surface area is 131 Å². The second-order valence-corrected chi connectivity index (χ2v) is 5.38. The normalized spacial score (nSPS) is 10.8. The van der Waals surface area contributed by atoms with E-state index in [1.165, 1.54) is 6.07 Å². The van der Waals surface area contributed by atoms with Gasteiger partial charge in [-0.25, -0.2) is 4.98 Å². The van der Waals surface area contributed by atoms with Crippen LogP contribution in [0.5, 0.6) is 0 Å². The molecule has 1 aromatic heterocycles. The van der Waals surface area contributed by atoms with Gasteiger partial charge < -0.3 is 4.57 Å². The smallest absolute Gasteiger partial charge is 0.258 e. The zero-order valence-electron chi connectivity index (χ0n) is 11.1. The molecule has 1 heterocycles. The molecule has 0 unspecified atom stereocenters. The van der Waals surface area contributed by atoms with E-state index in [-0.39, 0.29) is 5.91 Å². The summed E-state index contributed by atoms with van der Waals surface area (Å²) < 4.78 is 1.82. The Hall–Kier alpha value is -2.04. The van der Waals surface area contributed by atoms with Gasteiger partial charge in [0.2, 0.25) is 5.95 Å². The third-order valence-corrected chi connectivity index (χ3v) is 3.93. The van der Waals surface area contributed by atoms with Crippen LogP contribution in [-0.4, -0.2) is 15.5 Å². The molecule has 21 heavy (non-hydrogen) atoms. The molecule has 3 rings (SSSR count). The number of halogens is 2. The van der Waals surface area contributed by atoms with E-state index in [1.807, 2.05) is 35.9 Å². The van der Waals surface area contributed by atoms with E-state index in [0.717, 1.165) is 11.0 Å². The number of aromatic nitrogens is 2. The zero-order valence-corrected chi connectivity index (χ0v) is 12.6. The van der Waals surface area contributed by atoms with Crippen molar-refractivity contribution in [1.29, 1.82) is 0 Å². The Balaban J connectivity index is 1.92. The number of nitrogens with zero attached hydrogens (tertiary/aromatic N) is 2. The van der Waals surface area contributed by atoms with Gasteiger partial charge in [-0.05, 0) is 30.3 Å². The highest BCUT2D eigenvalue weighted by Gasteiger charge is 2.13. The van der Waals surface area contributed by atoms with Gasteiger partial charge in [-0.1, -0.05) is 35.3 Å². The van der Waals surface area contributed by atoms with Crippen LogP contribution in [0.15, 0.2) is 42.5 Å². The monoisotopic (exact) mass is 319 g/mol.